The van der Waals surface area contributed by atoms with Crippen molar-refractivity contribution in [3.8, 4) is 5.75 Å². The Morgan fingerprint density at radius 3 is 2.55 bits per heavy atom. The molecule has 0 aromatic heterocycles. The zero-order valence-corrected chi connectivity index (χ0v) is 12.6. The highest BCUT2D eigenvalue weighted by molar-refractivity contribution is 8.00. The van der Waals surface area contributed by atoms with Crippen molar-refractivity contribution in [1.82, 2.24) is 0 Å². The summed E-state index contributed by atoms with van der Waals surface area (Å²) in [5, 5.41) is -0.307. The summed E-state index contributed by atoms with van der Waals surface area (Å²) < 4.78 is 5.05. The number of hydrogen-bond donors (Lipinski definition) is 1. The van der Waals surface area contributed by atoms with Crippen molar-refractivity contribution >= 4 is 29.3 Å². The summed E-state index contributed by atoms with van der Waals surface area (Å²) >= 11 is 1.44. The molecule has 1 aliphatic rings. The number of ether oxygens (including phenoxy) is 1. The molecule has 2 rings (SSSR count). The van der Waals surface area contributed by atoms with E-state index in [1.807, 2.05) is 0 Å². The lowest BCUT2D eigenvalue weighted by molar-refractivity contribution is -0.121. The number of carbonyl (C=O) groups is 2. The number of nitrogens with zero attached hydrogens (tertiary/aromatic N) is 1. The van der Waals surface area contributed by atoms with Crippen LogP contribution in [0.25, 0.3) is 0 Å². The highest BCUT2D eigenvalue weighted by Gasteiger charge is 2.39. The molecule has 1 unspecified atom stereocenters. The number of nitrogens with two attached hydrogens (primary N) is 1. The minimum Gasteiger partial charge on any atom is -1.00 e. The Bertz CT molecular complexity index is 481. The van der Waals surface area contributed by atoms with Gasteiger partial charge < -0.3 is 22.9 Å². The van der Waals surface area contributed by atoms with Crippen molar-refractivity contribution in [3.05, 3.63) is 24.3 Å². The number of benzene rings is 1. The molecule has 0 aliphatic carbocycles. The van der Waals surface area contributed by atoms with Crippen molar-refractivity contribution < 1.29 is 26.7 Å². The van der Waals surface area contributed by atoms with Gasteiger partial charge in [-0.3, -0.25) is 9.59 Å². The molecule has 2 amide bonds. The van der Waals surface area contributed by atoms with Crippen LogP contribution in [-0.2, 0) is 9.59 Å². The average Bonchev–Trinajstić information content (AvgIpc) is 2.71. The summed E-state index contributed by atoms with van der Waals surface area (Å²) in [6, 6.07) is 6.89. The first-order chi connectivity index (χ1) is 9.17. The Hall–Kier alpha value is -1.24. The maximum absolute atomic E-state index is 12.2. The van der Waals surface area contributed by atoms with E-state index in [0.717, 1.165) is 0 Å². The molecule has 1 fully saturated rings. The van der Waals surface area contributed by atoms with Crippen molar-refractivity contribution in [2.24, 2.45) is 5.73 Å². The Labute approximate surface area is 128 Å². The van der Waals surface area contributed by atoms with E-state index < -0.39 is 0 Å². The predicted molar refractivity (Wildman–Crippen MR) is 75.4 cm³/mol. The summed E-state index contributed by atoms with van der Waals surface area (Å²) in [7, 11) is 1.57. The Kier molecular flexibility index (Phi) is 6.32. The molecule has 20 heavy (non-hydrogen) atoms. The Morgan fingerprint density at radius 1 is 1.35 bits per heavy atom. The van der Waals surface area contributed by atoms with E-state index in [2.05, 4.69) is 0 Å². The van der Waals surface area contributed by atoms with Crippen molar-refractivity contribution in [1.29, 1.82) is 0 Å². The third-order valence-corrected chi connectivity index (χ3v) is 4.11. The largest absolute Gasteiger partial charge is 1.00 e. The minimum atomic E-state index is -0.307. The van der Waals surface area contributed by atoms with Crippen molar-refractivity contribution in [2.75, 3.05) is 24.3 Å². The van der Waals surface area contributed by atoms with Gasteiger partial charge in [-0.1, -0.05) is 0 Å². The second kappa shape index (κ2) is 7.52. The second-order valence-corrected chi connectivity index (χ2v) is 5.43. The lowest BCUT2D eigenvalue weighted by atomic mass is 10.3. The van der Waals surface area contributed by atoms with Crippen LogP contribution in [-0.4, -0.2) is 36.5 Å². The molecule has 0 radical (unpaired) electrons. The summed E-state index contributed by atoms with van der Waals surface area (Å²) in [5.41, 5.74) is 6.01. The van der Waals surface area contributed by atoms with Crippen LogP contribution in [0.4, 0.5) is 5.69 Å². The van der Waals surface area contributed by atoms with Crippen molar-refractivity contribution in [3.63, 3.8) is 0 Å². The molecule has 0 saturated carbocycles. The molecule has 1 heterocycles. The standard InChI is InChI=1S/C13H16N2O3S.ClH/c1-18-10-4-2-9(3-5-10)15-12(16)8-11(13(15)17)19-7-6-14;/h2-5,11H,6-8,14H2,1H3;1H/p-1. The molecular weight excluding hydrogens is 300 g/mol. The van der Waals surface area contributed by atoms with E-state index >= 15 is 0 Å². The summed E-state index contributed by atoms with van der Waals surface area (Å²) in [6.45, 7) is 0.505. The summed E-state index contributed by atoms with van der Waals surface area (Å²) in [5.74, 6) is 1.05. The third kappa shape index (κ3) is 3.45. The molecule has 0 spiro atoms. The van der Waals surface area contributed by atoms with E-state index in [4.69, 9.17) is 10.5 Å². The molecule has 1 aromatic rings. The van der Waals surface area contributed by atoms with E-state index in [1.165, 1.54) is 16.7 Å². The van der Waals surface area contributed by atoms with E-state index in [9.17, 15) is 9.59 Å². The van der Waals surface area contributed by atoms with Gasteiger partial charge in [0.2, 0.25) is 11.8 Å². The van der Waals surface area contributed by atoms with Crippen molar-refractivity contribution in [2.45, 2.75) is 11.7 Å². The number of hydrogen-bond acceptors (Lipinski definition) is 5. The molecule has 1 saturated heterocycles. The molecule has 110 valence electrons. The van der Waals surface area contributed by atoms with E-state index in [0.29, 0.717) is 23.7 Å². The number of imide groups is 1. The molecule has 2 N–H and O–H groups in total. The van der Waals surface area contributed by atoms with Gasteiger partial charge in [0.05, 0.1) is 18.0 Å². The fourth-order valence-corrected chi connectivity index (χ4v) is 2.88. The minimum absolute atomic E-state index is 0. The normalized spacial score (nSPS) is 18.1. The zero-order chi connectivity index (χ0) is 13.8. The zero-order valence-electron chi connectivity index (χ0n) is 11.0. The number of methoxy groups -OCH3 is 1. The first-order valence-corrected chi connectivity index (χ1v) is 7.04. The average molecular weight is 316 g/mol. The van der Waals surface area contributed by atoms with Crippen LogP contribution in [0.5, 0.6) is 5.75 Å². The molecule has 5 nitrogen and oxygen atoms in total. The molecule has 1 atom stereocenters. The Morgan fingerprint density at radius 2 is 2.00 bits per heavy atom. The van der Waals surface area contributed by atoms with Crippen LogP contribution in [0.1, 0.15) is 6.42 Å². The molecule has 1 aromatic carbocycles. The summed E-state index contributed by atoms with van der Waals surface area (Å²) in [4.78, 5) is 25.4. The molecule has 0 bridgehead atoms. The lowest BCUT2D eigenvalue weighted by Gasteiger charge is -2.15. The number of amides is 2. The van der Waals surface area contributed by atoms with Crippen LogP contribution in [0.15, 0.2) is 24.3 Å². The van der Waals surface area contributed by atoms with Gasteiger partial charge in [0.25, 0.3) is 0 Å². The third-order valence-electron chi connectivity index (χ3n) is 2.87. The maximum atomic E-state index is 12.2. The molecule has 1 aliphatic heterocycles. The van der Waals surface area contributed by atoms with Crippen LogP contribution in [0, 0.1) is 0 Å². The van der Waals surface area contributed by atoms with Crippen LogP contribution in [0.3, 0.4) is 0 Å². The Balaban J connectivity index is 0.00000200. The van der Waals surface area contributed by atoms with Gasteiger partial charge in [-0.2, -0.15) is 0 Å². The monoisotopic (exact) mass is 315 g/mol. The molecular formula is C13H16ClN2O3S-. The van der Waals surface area contributed by atoms with Gasteiger partial charge in [-0.15, -0.1) is 11.8 Å². The highest BCUT2D eigenvalue weighted by atomic mass is 35.5. The first kappa shape index (κ1) is 16.8. The number of carbonyl (C=O) groups excluding carboxylic acids is 2. The van der Waals surface area contributed by atoms with Crippen LogP contribution < -0.4 is 27.8 Å². The van der Waals surface area contributed by atoms with Gasteiger partial charge in [-0.05, 0) is 24.3 Å². The van der Waals surface area contributed by atoms with Crippen LogP contribution in [0.2, 0.25) is 0 Å². The number of halogens is 1. The predicted octanol–water partition coefficient (Wildman–Crippen LogP) is -1.98. The second-order valence-electron chi connectivity index (χ2n) is 4.12. The van der Waals surface area contributed by atoms with Gasteiger partial charge in [0.1, 0.15) is 5.75 Å². The summed E-state index contributed by atoms with van der Waals surface area (Å²) in [6.07, 6.45) is 0.246. The first-order valence-electron chi connectivity index (χ1n) is 6.00. The van der Waals surface area contributed by atoms with Gasteiger partial charge in [0.15, 0.2) is 0 Å². The fraction of sp³-hybridized carbons (Fsp3) is 0.385. The topological polar surface area (TPSA) is 72.6 Å². The van der Waals surface area contributed by atoms with E-state index in [-0.39, 0.29) is 35.9 Å². The van der Waals surface area contributed by atoms with Gasteiger partial charge in [-0.25, -0.2) is 4.90 Å². The van der Waals surface area contributed by atoms with Crippen LogP contribution >= 0.6 is 11.8 Å². The number of rotatable bonds is 5. The highest BCUT2D eigenvalue weighted by Crippen LogP contribution is 2.30. The van der Waals surface area contributed by atoms with Gasteiger partial charge >= 0.3 is 0 Å². The molecule has 7 heteroatoms. The van der Waals surface area contributed by atoms with E-state index in [1.54, 1.807) is 31.4 Å². The van der Waals surface area contributed by atoms with Gasteiger partial charge in [0, 0.05) is 18.7 Å². The quantitative estimate of drug-likeness (QED) is 0.638. The lowest BCUT2D eigenvalue weighted by Crippen LogP contribution is -3.00. The number of thioether (sulfide) groups is 1. The smallest absolute Gasteiger partial charge is 0.247 e. The fourth-order valence-electron chi connectivity index (χ4n) is 1.95. The number of anilines is 1. The maximum Gasteiger partial charge on any atom is 0.247 e. The SMILES string of the molecule is COc1ccc(N2C(=O)CC(SCCN)C2=O)cc1.[Cl-].